The third-order valence-electron chi connectivity index (χ3n) is 4.81. The molecule has 0 unspecified atom stereocenters. The molecule has 2 aliphatic rings. The molecule has 2 aromatic carbocycles. The molecule has 4 rings (SSSR count). The van der Waals surface area contributed by atoms with Crippen LogP contribution in [-0.4, -0.2) is 41.3 Å². The van der Waals surface area contributed by atoms with Crippen LogP contribution in [0.25, 0.3) is 0 Å². The van der Waals surface area contributed by atoms with Gasteiger partial charge in [0.15, 0.2) is 0 Å². The first-order valence-electron chi connectivity index (χ1n) is 8.70. The molecule has 26 heavy (non-hydrogen) atoms. The van der Waals surface area contributed by atoms with E-state index in [2.05, 4.69) is 15.9 Å². The first-order chi connectivity index (χ1) is 12.6. The summed E-state index contributed by atoms with van der Waals surface area (Å²) in [6.45, 7) is 1.98. The fourth-order valence-electron chi connectivity index (χ4n) is 3.40. The van der Waals surface area contributed by atoms with E-state index in [1.165, 1.54) is 0 Å². The highest BCUT2D eigenvalue weighted by Gasteiger charge is 2.33. The summed E-state index contributed by atoms with van der Waals surface area (Å²) in [6, 6.07) is 13.6. The van der Waals surface area contributed by atoms with Gasteiger partial charge < -0.3 is 19.5 Å². The molecule has 2 atom stereocenters. The molecule has 6 heteroatoms. The van der Waals surface area contributed by atoms with Crippen LogP contribution in [0.4, 0.5) is 0 Å². The second-order valence-corrected chi connectivity index (χ2v) is 7.58. The number of carbonyl (C=O) groups excluding carboxylic acids is 1. The zero-order valence-electron chi connectivity index (χ0n) is 14.2. The molecule has 0 aromatic heterocycles. The molecule has 1 saturated heterocycles. The van der Waals surface area contributed by atoms with Crippen LogP contribution < -0.4 is 4.74 Å². The molecule has 1 amide bonds. The molecule has 1 fully saturated rings. The third kappa shape index (κ3) is 3.49. The maximum atomic E-state index is 13.0. The maximum Gasteiger partial charge on any atom is 0.258 e. The summed E-state index contributed by atoms with van der Waals surface area (Å²) in [5.41, 5.74) is 2.63. The summed E-state index contributed by atoms with van der Waals surface area (Å²) < 4.78 is 12.4. The number of benzene rings is 2. The molecule has 2 aromatic rings. The normalized spacial score (nSPS) is 22.4. The van der Waals surface area contributed by atoms with Gasteiger partial charge in [-0.15, -0.1) is 0 Å². The maximum absolute atomic E-state index is 13.0. The average Bonchev–Trinajstić information content (AvgIpc) is 2.96. The summed E-state index contributed by atoms with van der Waals surface area (Å²) in [6.07, 6.45) is -0.470. The predicted octanol–water partition coefficient (Wildman–Crippen LogP) is 3.13. The van der Waals surface area contributed by atoms with Gasteiger partial charge in [0.1, 0.15) is 11.9 Å². The Morgan fingerprint density at radius 2 is 2.04 bits per heavy atom. The van der Waals surface area contributed by atoms with Crippen LogP contribution in [0, 0.1) is 0 Å². The number of halogens is 1. The van der Waals surface area contributed by atoms with Gasteiger partial charge in [-0.3, -0.25) is 4.79 Å². The van der Waals surface area contributed by atoms with Crippen LogP contribution in [0.15, 0.2) is 46.9 Å². The van der Waals surface area contributed by atoms with Crippen LogP contribution in [0.3, 0.4) is 0 Å². The van der Waals surface area contributed by atoms with Gasteiger partial charge in [-0.25, -0.2) is 0 Å². The number of aliphatic hydroxyl groups is 1. The predicted molar refractivity (Wildman–Crippen MR) is 100 cm³/mol. The molecular weight excluding hydrogens is 398 g/mol. The molecule has 0 radical (unpaired) electrons. The number of nitrogens with zero attached hydrogens (tertiary/aromatic N) is 1. The second-order valence-electron chi connectivity index (χ2n) is 6.67. The van der Waals surface area contributed by atoms with Gasteiger partial charge in [0.05, 0.1) is 18.3 Å². The monoisotopic (exact) mass is 417 g/mol. The number of hydrogen-bond acceptors (Lipinski definition) is 4. The summed E-state index contributed by atoms with van der Waals surface area (Å²) in [5, 5.41) is 10.1. The molecule has 1 N–H and O–H groups in total. The number of ether oxygens (including phenoxy) is 2. The number of rotatable bonds is 4. The summed E-state index contributed by atoms with van der Waals surface area (Å²) >= 11 is 3.43. The van der Waals surface area contributed by atoms with Crippen molar-refractivity contribution in [1.29, 1.82) is 0 Å². The Hall–Kier alpha value is -1.89. The van der Waals surface area contributed by atoms with Crippen molar-refractivity contribution < 1.29 is 19.4 Å². The molecule has 0 bridgehead atoms. The SMILES string of the molecule is O=C1c2c(cccc2O[C@H]2COCC[C@@H]2O)CN1Cc1ccc(Br)cc1. The minimum Gasteiger partial charge on any atom is -0.484 e. The molecule has 2 heterocycles. The number of carbonyl (C=O) groups is 1. The van der Waals surface area contributed by atoms with Gasteiger partial charge in [0, 0.05) is 30.6 Å². The van der Waals surface area contributed by atoms with E-state index in [4.69, 9.17) is 9.47 Å². The first-order valence-corrected chi connectivity index (χ1v) is 9.49. The number of hydrogen-bond donors (Lipinski definition) is 1. The van der Waals surface area contributed by atoms with E-state index in [0.717, 1.165) is 15.6 Å². The van der Waals surface area contributed by atoms with Crippen molar-refractivity contribution in [3.8, 4) is 5.75 Å². The lowest BCUT2D eigenvalue weighted by molar-refractivity contribution is -0.0736. The van der Waals surface area contributed by atoms with Crippen molar-refractivity contribution in [3.05, 3.63) is 63.6 Å². The highest BCUT2D eigenvalue weighted by molar-refractivity contribution is 9.10. The van der Waals surface area contributed by atoms with Crippen molar-refractivity contribution >= 4 is 21.8 Å². The first kappa shape index (κ1) is 17.5. The minimum absolute atomic E-state index is 0.0373. The van der Waals surface area contributed by atoms with Crippen molar-refractivity contribution in [2.45, 2.75) is 31.7 Å². The van der Waals surface area contributed by atoms with Crippen molar-refractivity contribution in [1.82, 2.24) is 4.90 Å². The Labute approximate surface area is 160 Å². The van der Waals surface area contributed by atoms with E-state index in [-0.39, 0.29) is 5.91 Å². The summed E-state index contributed by atoms with van der Waals surface area (Å²) in [7, 11) is 0. The summed E-state index contributed by atoms with van der Waals surface area (Å²) in [4.78, 5) is 14.8. The van der Waals surface area contributed by atoms with Crippen molar-refractivity contribution in [2.75, 3.05) is 13.2 Å². The smallest absolute Gasteiger partial charge is 0.258 e. The Balaban J connectivity index is 1.53. The summed E-state index contributed by atoms with van der Waals surface area (Å²) in [5.74, 6) is 0.491. The minimum atomic E-state index is -0.574. The van der Waals surface area contributed by atoms with E-state index in [9.17, 15) is 9.90 Å². The molecule has 0 aliphatic carbocycles. The zero-order valence-corrected chi connectivity index (χ0v) is 15.8. The van der Waals surface area contributed by atoms with E-state index in [0.29, 0.717) is 44.0 Å². The van der Waals surface area contributed by atoms with Gasteiger partial charge in [-0.05, 0) is 29.3 Å². The Morgan fingerprint density at radius 1 is 1.23 bits per heavy atom. The van der Waals surface area contributed by atoms with E-state index >= 15 is 0 Å². The van der Waals surface area contributed by atoms with E-state index in [1.807, 2.05) is 41.3 Å². The zero-order chi connectivity index (χ0) is 18.1. The number of fused-ring (bicyclic) bond motifs is 1. The fraction of sp³-hybridized carbons (Fsp3) is 0.350. The van der Waals surface area contributed by atoms with Crippen molar-refractivity contribution in [2.24, 2.45) is 0 Å². The van der Waals surface area contributed by atoms with Gasteiger partial charge in [-0.2, -0.15) is 0 Å². The molecule has 5 nitrogen and oxygen atoms in total. The average molecular weight is 418 g/mol. The highest BCUT2D eigenvalue weighted by atomic mass is 79.9. The van der Waals surface area contributed by atoms with Crippen LogP contribution in [0.5, 0.6) is 5.75 Å². The van der Waals surface area contributed by atoms with Crippen LogP contribution in [0.2, 0.25) is 0 Å². The molecule has 136 valence electrons. The highest BCUT2D eigenvalue weighted by Crippen LogP contribution is 2.33. The van der Waals surface area contributed by atoms with Crippen molar-refractivity contribution in [3.63, 3.8) is 0 Å². The van der Waals surface area contributed by atoms with E-state index < -0.39 is 12.2 Å². The van der Waals surface area contributed by atoms with Gasteiger partial charge >= 0.3 is 0 Å². The fourth-order valence-corrected chi connectivity index (χ4v) is 3.66. The van der Waals surface area contributed by atoms with Crippen LogP contribution in [0.1, 0.15) is 27.9 Å². The van der Waals surface area contributed by atoms with Gasteiger partial charge in [0.2, 0.25) is 0 Å². The van der Waals surface area contributed by atoms with Gasteiger partial charge in [-0.1, -0.05) is 40.2 Å². The van der Waals surface area contributed by atoms with Crippen LogP contribution in [-0.2, 0) is 17.8 Å². The third-order valence-corrected chi connectivity index (χ3v) is 5.34. The Bertz CT molecular complexity index is 808. The van der Waals surface area contributed by atoms with Crippen LogP contribution >= 0.6 is 15.9 Å². The van der Waals surface area contributed by atoms with Gasteiger partial charge in [0.25, 0.3) is 5.91 Å². The lowest BCUT2D eigenvalue weighted by atomic mass is 10.1. The molecule has 2 aliphatic heterocycles. The topological polar surface area (TPSA) is 59.0 Å². The largest absolute Gasteiger partial charge is 0.484 e. The molecular formula is C20H20BrNO4. The van der Waals surface area contributed by atoms with E-state index in [1.54, 1.807) is 6.07 Å². The lowest BCUT2D eigenvalue weighted by Gasteiger charge is -2.28. The molecule has 0 saturated carbocycles. The quantitative estimate of drug-likeness (QED) is 0.829. The second kappa shape index (κ2) is 7.39. The molecule has 0 spiro atoms. The Kier molecular flexibility index (Phi) is 4.98. The number of amides is 1. The Morgan fingerprint density at radius 3 is 2.81 bits per heavy atom. The number of aliphatic hydroxyl groups excluding tert-OH is 1. The standard InChI is InChI=1S/C20H20BrNO4/c21-15-6-4-13(5-7-15)10-22-11-14-2-1-3-17(19(14)20(22)24)26-18-12-25-9-8-16(18)23/h1-7,16,18,23H,8-12H2/t16-,18-/m0/s1. The lowest BCUT2D eigenvalue weighted by Crippen LogP contribution is -2.41.